The molecule has 0 aromatic heterocycles. The van der Waals surface area contributed by atoms with Crippen LogP contribution in [0.4, 0.5) is 10.1 Å². The standard InChI is InChI=1S/C17H14BrFN2O4/c1-9-13(19)6-10(7-15(9)21(23)24)17(22)20-14-4-5-25-16-3-2-11(18)8-12(14)16/h2-3,6-8,14H,4-5H2,1H3,(H,20,22). The highest BCUT2D eigenvalue weighted by Gasteiger charge is 2.25. The first-order valence-corrected chi connectivity index (χ1v) is 8.33. The second-order valence-electron chi connectivity index (χ2n) is 5.70. The number of carbonyl (C=O) groups excluding carboxylic acids is 1. The summed E-state index contributed by atoms with van der Waals surface area (Å²) in [5.74, 6) is -0.685. The molecule has 1 aliphatic heterocycles. The molecule has 1 heterocycles. The predicted molar refractivity (Wildman–Crippen MR) is 92.3 cm³/mol. The minimum Gasteiger partial charge on any atom is -0.493 e. The van der Waals surface area contributed by atoms with Crippen molar-refractivity contribution in [3.63, 3.8) is 0 Å². The second kappa shape index (κ2) is 6.79. The molecule has 25 heavy (non-hydrogen) atoms. The third kappa shape index (κ3) is 3.48. The summed E-state index contributed by atoms with van der Waals surface area (Å²) in [5, 5.41) is 13.8. The smallest absolute Gasteiger partial charge is 0.276 e. The van der Waals surface area contributed by atoms with Gasteiger partial charge in [-0.05, 0) is 31.2 Å². The lowest BCUT2D eigenvalue weighted by molar-refractivity contribution is -0.385. The first-order valence-electron chi connectivity index (χ1n) is 7.54. The first kappa shape index (κ1) is 17.3. The van der Waals surface area contributed by atoms with E-state index < -0.39 is 22.3 Å². The molecular formula is C17H14BrFN2O4. The zero-order chi connectivity index (χ0) is 18.1. The van der Waals surface area contributed by atoms with E-state index in [1.165, 1.54) is 6.92 Å². The quantitative estimate of drug-likeness (QED) is 0.613. The number of benzene rings is 2. The van der Waals surface area contributed by atoms with Crippen LogP contribution in [0.25, 0.3) is 0 Å². The Labute approximate surface area is 151 Å². The predicted octanol–water partition coefficient (Wildman–Crippen LogP) is 4.06. The molecule has 0 bridgehead atoms. The van der Waals surface area contributed by atoms with Crippen molar-refractivity contribution in [2.45, 2.75) is 19.4 Å². The molecular weight excluding hydrogens is 395 g/mol. The van der Waals surface area contributed by atoms with E-state index in [1.54, 1.807) is 6.07 Å². The molecule has 0 aliphatic carbocycles. The van der Waals surface area contributed by atoms with Crippen molar-refractivity contribution in [2.75, 3.05) is 6.61 Å². The fourth-order valence-corrected chi connectivity index (χ4v) is 3.12. The number of fused-ring (bicyclic) bond motifs is 1. The van der Waals surface area contributed by atoms with Gasteiger partial charge in [-0.25, -0.2) is 4.39 Å². The van der Waals surface area contributed by atoms with Crippen molar-refractivity contribution < 1.29 is 18.8 Å². The molecule has 1 atom stereocenters. The lowest BCUT2D eigenvalue weighted by atomic mass is 10.00. The van der Waals surface area contributed by atoms with Crippen molar-refractivity contribution in [3.05, 3.63) is 67.4 Å². The van der Waals surface area contributed by atoms with E-state index in [0.29, 0.717) is 18.8 Å². The average Bonchev–Trinajstić information content (AvgIpc) is 2.57. The number of amides is 1. The minimum atomic E-state index is -0.783. The first-order chi connectivity index (χ1) is 11.9. The topological polar surface area (TPSA) is 81.5 Å². The Hall–Kier alpha value is -2.48. The Balaban J connectivity index is 1.89. The van der Waals surface area contributed by atoms with Gasteiger partial charge in [-0.1, -0.05) is 15.9 Å². The van der Waals surface area contributed by atoms with Crippen LogP contribution < -0.4 is 10.1 Å². The minimum absolute atomic E-state index is 0.0853. The molecule has 3 rings (SSSR count). The largest absolute Gasteiger partial charge is 0.493 e. The number of hydrogen-bond acceptors (Lipinski definition) is 4. The number of carbonyl (C=O) groups is 1. The normalized spacial score (nSPS) is 15.9. The zero-order valence-corrected chi connectivity index (χ0v) is 14.8. The molecule has 1 unspecified atom stereocenters. The third-order valence-electron chi connectivity index (χ3n) is 4.09. The van der Waals surface area contributed by atoms with Crippen molar-refractivity contribution in [2.24, 2.45) is 0 Å². The van der Waals surface area contributed by atoms with E-state index >= 15 is 0 Å². The Kier molecular flexibility index (Phi) is 4.71. The molecule has 1 amide bonds. The Morgan fingerprint density at radius 3 is 2.88 bits per heavy atom. The summed E-state index contributed by atoms with van der Waals surface area (Å²) in [7, 11) is 0. The second-order valence-corrected chi connectivity index (χ2v) is 6.62. The molecule has 1 aliphatic rings. The van der Waals surface area contributed by atoms with Gasteiger partial charge in [0.1, 0.15) is 11.6 Å². The Morgan fingerprint density at radius 1 is 1.40 bits per heavy atom. The van der Waals surface area contributed by atoms with E-state index in [2.05, 4.69) is 21.2 Å². The maximum absolute atomic E-state index is 13.9. The molecule has 130 valence electrons. The highest BCUT2D eigenvalue weighted by molar-refractivity contribution is 9.10. The molecule has 0 saturated carbocycles. The van der Waals surface area contributed by atoms with Crippen LogP contribution in [0.5, 0.6) is 5.75 Å². The summed E-state index contributed by atoms with van der Waals surface area (Å²) in [6.45, 7) is 1.74. The van der Waals surface area contributed by atoms with Crippen LogP contribution in [0.1, 0.15) is 33.9 Å². The van der Waals surface area contributed by atoms with Crippen molar-refractivity contribution in [3.8, 4) is 5.75 Å². The van der Waals surface area contributed by atoms with Crippen LogP contribution in [0.15, 0.2) is 34.8 Å². The molecule has 0 spiro atoms. The van der Waals surface area contributed by atoms with E-state index in [9.17, 15) is 19.3 Å². The molecule has 2 aromatic rings. The number of hydrogen-bond donors (Lipinski definition) is 1. The van der Waals surface area contributed by atoms with Gasteiger partial charge >= 0.3 is 0 Å². The van der Waals surface area contributed by atoms with Gasteiger partial charge in [0.15, 0.2) is 0 Å². The summed E-state index contributed by atoms with van der Waals surface area (Å²) >= 11 is 3.38. The van der Waals surface area contributed by atoms with Crippen molar-refractivity contribution >= 4 is 27.5 Å². The highest BCUT2D eigenvalue weighted by Crippen LogP contribution is 2.34. The van der Waals surface area contributed by atoms with E-state index in [4.69, 9.17) is 4.74 Å². The summed E-state index contributed by atoms with van der Waals surface area (Å²) in [5.41, 5.74) is 0.205. The Bertz CT molecular complexity index is 872. The van der Waals surface area contributed by atoms with Gasteiger partial charge in [-0.2, -0.15) is 0 Å². The number of nitro benzene ring substituents is 1. The van der Waals surface area contributed by atoms with Crippen LogP contribution in [-0.4, -0.2) is 17.4 Å². The summed E-state index contributed by atoms with van der Waals surface area (Å²) in [6.07, 6.45) is 0.547. The Morgan fingerprint density at radius 2 is 2.16 bits per heavy atom. The van der Waals surface area contributed by atoms with Crippen LogP contribution >= 0.6 is 15.9 Å². The van der Waals surface area contributed by atoms with Gasteiger partial charge in [0.05, 0.1) is 23.1 Å². The van der Waals surface area contributed by atoms with Crippen LogP contribution in [-0.2, 0) is 0 Å². The number of nitro groups is 1. The maximum Gasteiger partial charge on any atom is 0.276 e. The van der Waals surface area contributed by atoms with Gasteiger partial charge in [-0.15, -0.1) is 0 Å². The zero-order valence-electron chi connectivity index (χ0n) is 13.2. The maximum atomic E-state index is 13.9. The SMILES string of the molecule is Cc1c(F)cc(C(=O)NC2CCOc3ccc(Br)cc32)cc1[N+](=O)[O-]. The summed E-state index contributed by atoms with van der Waals surface area (Å²) in [6, 6.07) is 7.26. The summed E-state index contributed by atoms with van der Waals surface area (Å²) < 4.78 is 20.3. The van der Waals surface area contributed by atoms with E-state index in [1.807, 2.05) is 12.1 Å². The molecule has 0 fully saturated rings. The number of nitrogens with zero attached hydrogens (tertiary/aromatic N) is 1. The fourth-order valence-electron chi connectivity index (χ4n) is 2.74. The molecule has 1 N–H and O–H groups in total. The van der Waals surface area contributed by atoms with Crippen LogP contribution in [0.2, 0.25) is 0 Å². The molecule has 2 aromatic carbocycles. The molecule has 0 radical (unpaired) electrons. The van der Waals surface area contributed by atoms with Gasteiger partial charge in [0, 0.05) is 28.1 Å². The van der Waals surface area contributed by atoms with Gasteiger partial charge in [-0.3, -0.25) is 14.9 Å². The number of ether oxygens (including phenoxy) is 1. The van der Waals surface area contributed by atoms with Crippen LogP contribution in [0, 0.1) is 22.9 Å². The van der Waals surface area contributed by atoms with E-state index in [0.717, 1.165) is 22.2 Å². The van der Waals surface area contributed by atoms with Gasteiger partial charge in [0.2, 0.25) is 0 Å². The molecule has 6 nitrogen and oxygen atoms in total. The monoisotopic (exact) mass is 408 g/mol. The third-order valence-corrected chi connectivity index (χ3v) is 4.59. The molecule has 0 saturated heterocycles. The summed E-state index contributed by atoms with van der Waals surface area (Å²) in [4.78, 5) is 22.8. The van der Waals surface area contributed by atoms with Gasteiger partial charge < -0.3 is 10.1 Å². The lowest BCUT2D eigenvalue weighted by Crippen LogP contribution is -2.32. The molecule has 8 heteroatoms. The average molecular weight is 409 g/mol. The van der Waals surface area contributed by atoms with Crippen molar-refractivity contribution in [1.29, 1.82) is 0 Å². The number of rotatable bonds is 3. The number of nitrogens with one attached hydrogen (secondary N) is 1. The highest BCUT2D eigenvalue weighted by atomic mass is 79.9. The number of halogens is 2. The van der Waals surface area contributed by atoms with Crippen molar-refractivity contribution in [1.82, 2.24) is 5.32 Å². The fraction of sp³-hybridized carbons (Fsp3) is 0.235. The van der Waals surface area contributed by atoms with Crippen LogP contribution in [0.3, 0.4) is 0 Å². The van der Waals surface area contributed by atoms with E-state index in [-0.39, 0.29) is 17.2 Å². The lowest BCUT2D eigenvalue weighted by Gasteiger charge is -2.27. The van der Waals surface area contributed by atoms with Gasteiger partial charge in [0.25, 0.3) is 11.6 Å².